The van der Waals surface area contributed by atoms with Gasteiger partial charge in [-0.05, 0) is 49.2 Å². The maximum atomic E-state index is 12.6. The van der Waals surface area contributed by atoms with E-state index in [0.29, 0.717) is 17.0 Å². The zero-order valence-corrected chi connectivity index (χ0v) is 13.6. The van der Waals surface area contributed by atoms with Gasteiger partial charge in [0, 0.05) is 18.0 Å². The van der Waals surface area contributed by atoms with E-state index in [0.717, 1.165) is 11.1 Å². The summed E-state index contributed by atoms with van der Waals surface area (Å²) in [5.41, 5.74) is 2.79. The standard InChI is InChI=1S/C17H16N2O3S/c1-12-5-6-14(16-4-3-9-22-16)10-15(12)19-23(20,21)17-11-18-8-7-13(17)2/h3-11,19H,1-2H3. The molecule has 0 amide bonds. The van der Waals surface area contributed by atoms with Gasteiger partial charge in [0.05, 0.1) is 12.0 Å². The number of benzene rings is 1. The Kier molecular flexibility index (Phi) is 3.92. The van der Waals surface area contributed by atoms with Crippen LogP contribution in [-0.4, -0.2) is 13.4 Å². The average molecular weight is 328 g/mol. The van der Waals surface area contributed by atoms with Gasteiger partial charge in [-0.25, -0.2) is 8.42 Å². The van der Waals surface area contributed by atoms with E-state index < -0.39 is 10.0 Å². The number of furan rings is 1. The molecule has 0 spiro atoms. The molecule has 2 heterocycles. The molecule has 0 radical (unpaired) electrons. The van der Waals surface area contributed by atoms with Crippen molar-refractivity contribution < 1.29 is 12.8 Å². The molecule has 3 aromatic rings. The second-order valence-electron chi connectivity index (χ2n) is 5.25. The van der Waals surface area contributed by atoms with E-state index in [4.69, 9.17) is 4.42 Å². The lowest BCUT2D eigenvalue weighted by atomic mass is 10.1. The molecule has 0 bridgehead atoms. The van der Waals surface area contributed by atoms with E-state index in [2.05, 4.69) is 9.71 Å². The molecular formula is C17H16N2O3S. The monoisotopic (exact) mass is 328 g/mol. The molecule has 0 atom stereocenters. The van der Waals surface area contributed by atoms with Gasteiger partial charge >= 0.3 is 0 Å². The number of aryl methyl sites for hydroxylation is 2. The number of nitrogens with one attached hydrogen (secondary N) is 1. The van der Waals surface area contributed by atoms with Crippen LogP contribution < -0.4 is 4.72 Å². The van der Waals surface area contributed by atoms with Crippen LogP contribution >= 0.6 is 0 Å². The van der Waals surface area contributed by atoms with E-state index in [1.54, 1.807) is 37.6 Å². The van der Waals surface area contributed by atoms with Gasteiger partial charge in [0.1, 0.15) is 10.7 Å². The summed E-state index contributed by atoms with van der Waals surface area (Å²) >= 11 is 0. The van der Waals surface area contributed by atoms with Crippen molar-refractivity contribution in [1.29, 1.82) is 0 Å². The van der Waals surface area contributed by atoms with Crippen LogP contribution in [0.3, 0.4) is 0 Å². The predicted molar refractivity (Wildman–Crippen MR) is 88.7 cm³/mol. The number of hydrogen-bond donors (Lipinski definition) is 1. The second kappa shape index (κ2) is 5.89. The van der Waals surface area contributed by atoms with Gasteiger partial charge in [-0.3, -0.25) is 9.71 Å². The Hall–Kier alpha value is -2.60. The number of rotatable bonds is 4. The first-order valence-electron chi connectivity index (χ1n) is 7.05. The van der Waals surface area contributed by atoms with Crippen molar-refractivity contribution in [1.82, 2.24) is 4.98 Å². The molecule has 2 aromatic heterocycles. The van der Waals surface area contributed by atoms with Crippen molar-refractivity contribution in [3.05, 3.63) is 66.2 Å². The van der Waals surface area contributed by atoms with Crippen LogP contribution in [0.5, 0.6) is 0 Å². The highest BCUT2D eigenvalue weighted by molar-refractivity contribution is 7.92. The smallest absolute Gasteiger partial charge is 0.263 e. The Labute approximate surface area is 135 Å². The van der Waals surface area contributed by atoms with Gasteiger partial charge < -0.3 is 4.42 Å². The Morgan fingerprint density at radius 3 is 2.61 bits per heavy atom. The predicted octanol–water partition coefficient (Wildman–Crippen LogP) is 3.76. The molecule has 0 fully saturated rings. The van der Waals surface area contributed by atoms with E-state index >= 15 is 0 Å². The van der Waals surface area contributed by atoms with E-state index in [1.165, 1.54) is 6.20 Å². The van der Waals surface area contributed by atoms with Gasteiger partial charge in [-0.1, -0.05) is 12.1 Å². The van der Waals surface area contributed by atoms with Crippen molar-refractivity contribution in [3.8, 4) is 11.3 Å². The van der Waals surface area contributed by atoms with Crippen LogP contribution in [0.4, 0.5) is 5.69 Å². The SMILES string of the molecule is Cc1ccc(-c2ccco2)cc1NS(=O)(=O)c1cnccc1C. The zero-order valence-electron chi connectivity index (χ0n) is 12.8. The number of anilines is 1. The van der Waals surface area contributed by atoms with E-state index in [-0.39, 0.29) is 4.90 Å². The second-order valence-corrected chi connectivity index (χ2v) is 6.90. The molecule has 23 heavy (non-hydrogen) atoms. The van der Waals surface area contributed by atoms with Crippen LogP contribution in [-0.2, 0) is 10.0 Å². The Bertz CT molecular complexity index is 932. The molecule has 118 valence electrons. The minimum Gasteiger partial charge on any atom is -0.464 e. The van der Waals surface area contributed by atoms with Crippen molar-refractivity contribution in [2.75, 3.05) is 4.72 Å². The van der Waals surface area contributed by atoms with Gasteiger partial charge in [0.2, 0.25) is 0 Å². The quantitative estimate of drug-likeness (QED) is 0.791. The average Bonchev–Trinajstić information content (AvgIpc) is 3.04. The Morgan fingerprint density at radius 2 is 1.91 bits per heavy atom. The maximum absolute atomic E-state index is 12.6. The highest BCUT2D eigenvalue weighted by Gasteiger charge is 2.18. The third-order valence-electron chi connectivity index (χ3n) is 3.57. The number of sulfonamides is 1. The lowest BCUT2D eigenvalue weighted by Gasteiger charge is -2.13. The molecule has 0 aliphatic carbocycles. The van der Waals surface area contributed by atoms with Gasteiger partial charge in [0.15, 0.2) is 0 Å². The van der Waals surface area contributed by atoms with E-state index in [9.17, 15) is 8.42 Å². The lowest BCUT2D eigenvalue weighted by molar-refractivity contribution is 0.582. The van der Waals surface area contributed by atoms with Gasteiger partial charge in [-0.15, -0.1) is 0 Å². The van der Waals surface area contributed by atoms with Crippen molar-refractivity contribution in [2.24, 2.45) is 0 Å². The highest BCUT2D eigenvalue weighted by atomic mass is 32.2. The van der Waals surface area contributed by atoms with Gasteiger partial charge in [-0.2, -0.15) is 0 Å². The summed E-state index contributed by atoms with van der Waals surface area (Å²) < 4.78 is 33.2. The minimum absolute atomic E-state index is 0.169. The third kappa shape index (κ3) is 3.12. The number of nitrogens with zero attached hydrogens (tertiary/aromatic N) is 1. The topological polar surface area (TPSA) is 72.2 Å². The molecule has 0 unspecified atom stereocenters. The highest BCUT2D eigenvalue weighted by Crippen LogP contribution is 2.27. The molecule has 6 heteroatoms. The fourth-order valence-electron chi connectivity index (χ4n) is 2.26. The summed E-state index contributed by atoms with van der Waals surface area (Å²) in [5, 5.41) is 0. The first kappa shape index (κ1) is 15.3. The largest absolute Gasteiger partial charge is 0.464 e. The lowest BCUT2D eigenvalue weighted by Crippen LogP contribution is -2.15. The molecule has 0 aliphatic rings. The van der Waals surface area contributed by atoms with Crippen molar-refractivity contribution >= 4 is 15.7 Å². The van der Waals surface area contributed by atoms with Crippen LogP contribution in [0.2, 0.25) is 0 Å². The Morgan fingerprint density at radius 1 is 1.09 bits per heavy atom. The van der Waals surface area contributed by atoms with E-state index in [1.807, 2.05) is 25.1 Å². The summed E-state index contributed by atoms with van der Waals surface area (Å²) in [5.74, 6) is 0.683. The van der Waals surface area contributed by atoms with Crippen molar-refractivity contribution in [3.63, 3.8) is 0 Å². The summed E-state index contributed by atoms with van der Waals surface area (Å²) in [6.45, 7) is 3.59. The van der Waals surface area contributed by atoms with Crippen molar-refractivity contribution in [2.45, 2.75) is 18.7 Å². The summed E-state index contributed by atoms with van der Waals surface area (Å²) in [6, 6.07) is 10.8. The third-order valence-corrected chi connectivity index (χ3v) is 5.06. The fourth-order valence-corrected chi connectivity index (χ4v) is 3.57. The first-order chi connectivity index (χ1) is 11.0. The molecule has 1 aromatic carbocycles. The summed E-state index contributed by atoms with van der Waals surface area (Å²) in [4.78, 5) is 4.07. The van der Waals surface area contributed by atoms with Crippen LogP contribution in [0, 0.1) is 13.8 Å². The number of hydrogen-bond acceptors (Lipinski definition) is 4. The van der Waals surface area contributed by atoms with Crippen LogP contribution in [0.1, 0.15) is 11.1 Å². The minimum atomic E-state index is -3.70. The molecule has 0 saturated carbocycles. The summed E-state index contributed by atoms with van der Waals surface area (Å²) in [7, 11) is -3.70. The van der Waals surface area contributed by atoms with Gasteiger partial charge in [0.25, 0.3) is 10.0 Å². The molecule has 5 nitrogen and oxygen atoms in total. The molecule has 1 N–H and O–H groups in total. The first-order valence-corrected chi connectivity index (χ1v) is 8.54. The molecule has 3 rings (SSSR count). The fraction of sp³-hybridized carbons (Fsp3) is 0.118. The Balaban J connectivity index is 2.00. The zero-order chi connectivity index (χ0) is 16.4. The maximum Gasteiger partial charge on any atom is 0.263 e. The summed E-state index contributed by atoms with van der Waals surface area (Å²) in [6.07, 6.45) is 4.50. The van der Waals surface area contributed by atoms with Crippen LogP contribution in [0.15, 0.2) is 64.4 Å². The van der Waals surface area contributed by atoms with Crippen LogP contribution in [0.25, 0.3) is 11.3 Å². The normalized spacial score (nSPS) is 11.4. The molecule has 0 aliphatic heterocycles. The molecular weight excluding hydrogens is 312 g/mol. The molecule has 0 saturated heterocycles. The number of pyridine rings is 1. The number of aromatic nitrogens is 1.